The van der Waals surface area contributed by atoms with Crippen LogP contribution in [0.4, 0.5) is 0 Å². The molecule has 2 rings (SSSR count). The van der Waals surface area contributed by atoms with Gasteiger partial charge >= 0.3 is 0 Å². The molecule has 0 saturated heterocycles. The number of amides is 2. The molecule has 0 spiro atoms. The fourth-order valence-electron chi connectivity index (χ4n) is 2.78. The molecule has 0 saturated carbocycles. The second-order valence-corrected chi connectivity index (χ2v) is 6.87. The molecule has 2 amide bonds. The van der Waals surface area contributed by atoms with Gasteiger partial charge in [-0.1, -0.05) is 62.4 Å². The number of hydrogen-bond acceptors (Lipinski definition) is 3. The summed E-state index contributed by atoms with van der Waals surface area (Å²) in [5.74, 6) is -0.489. The summed E-state index contributed by atoms with van der Waals surface area (Å²) < 4.78 is 0. The molecule has 5 nitrogen and oxygen atoms in total. The molecule has 0 bridgehead atoms. The third-order valence-electron chi connectivity index (χ3n) is 4.96. The van der Waals surface area contributed by atoms with Crippen molar-refractivity contribution >= 4 is 11.8 Å². The Kier molecular flexibility index (Phi) is 7.55. The number of hydrogen-bond donors (Lipinski definition) is 3. The number of nitrogens with two attached hydrogens (primary N) is 1. The summed E-state index contributed by atoms with van der Waals surface area (Å²) in [6, 6.07) is 17.9. The Bertz CT molecular complexity index is 728. The van der Waals surface area contributed by atoms with Crippen LogP contribution in [0.2, 0.25) is 0 Å². The van der Waals surface area contributed by atoms with Crippen molar-refractivity contribution in [2.75, 3.05) is 6.54 Å². The van der Waals surface area contributed by atoms with Crippen molar-refractivity contribution in [1.29, 1.82) is 0 Å². The highest BCUT2D eigenvalue weighted by atomic mass is 16.2. The molecule has 5 heteroatoms. The molecule has 0 aliphatic rings. The van der Waals surface area contributed by atoms with E-state index >= 15 is 0 Å². The first-order valence-corrected chi connectivity index (χ1v) is 9.44. The monoisotopic (exact) mass is 367 g/mol. The molecular weight excluding hydrogens is 338 g/mol. The normalized spacial score (nSPS) is 12.3. The number of benzene rings is 2. The Labute approximate surface area is 161 Å². The van der Waals surface area contributed by atoms with Crippen LogP contribution >= 0.6 is 0 Å². The van der Waals surface area contributed by atoms with Crippen LogP contribution in [0.25, 0.3) is 0 Å². The van der Waals surface area contributed by atoms with Gasteiger partial charge in [-0.25, -0.2) is 0 Å². The second-order valence-electron chi connectivity index (χ2n) is 6.87. The molecule has 1 unspecified atom stereocenters. The van der Waals surface area contributed by atoms with Gasteiger partial charge in [-0.15, -0.1) is 0 Å². The van der Waals surface area contributed by atoms with Gasteiger partial charge in [-0.05, 0) is 30.5 Å². The topological polar surface area (TPSA) is 84.2 Å². The molecule has 0 aliphatic heterocycles. The van der Waals surface area contributed by atoms with Gasteiger partial charge in [-0.3, -0.25) is 9.59 Å². The summed E-state index contributed by atoms with van der Waals surface area (Å²) >= 11 is 0. The van der Waals surface area contributed by atoms with Crippen LogP contribution in [0.1, 0.15) is 42.6 Å². The molecule has 0 aromatic heterocycles. The zero-order chi connectivity index (χ0) is 19.7. The fourth-order valence-corrected chi connectivity index (χ4v) is 2.78. The number of carbonyl (C=O) groups is 2. The molecule has 2 aromatic carbocycles. The summed E-state index contributed by atoms with van der Waals surface area (Å²) in [5, 5.41) is 5.79. The summed E-state index contributed by atoms with van der Waals surface area (Å²) in [4.78, 5) is 25.4. The molecule has 4 N–H and O–H groups in total. The average Bonchev–Trinajstić information content (AvgIpc) is 2.72. The van der Waals surface area contributed by atoms with Crippen molar-refractivity contribution in [3.63, 3.8) is 0 Å². The lowest BCUT2D eigenvalue weighted by molar-refractivity contribution is -0.123. The lowest BCUT2D eigenvalue weighted by Crippen LogP contribution is -2.54. The minimum absolute atomic E-state index is 0.222. The fraction of sp³-hybridized carbons (Fsp3) is 0.364. The maximum Gasteiger partial charge on any atom is 0.251 e. The van der Waals surface area contributed by atoms with Gasteiger partial charge in [0, 0.05) is 24.1 Å². The quantitative estimate of drug-likeness (QED) is 0.637. The van der Waals surface area contributed by atoms with Gasteiger partial charge in [0.05, 0.1) is 0 Å². The molecular formula is C22H29N3O2. The van der Waals surface area contributed by atoms with Crippen LogP contribution in [0.15, 0.2) is 60.7 Å². The summed E-state index contributed by atoms with van der Waals surface area (Å²) in [6.45, 7) is 4.40. The van der Waals surface area contributed by atoms with Gasteiger partial charge in [0.25, 0.3) is 5.91 Å². The lowest BCUT2D eigenvalue weighted by atomic mass is 9.94. The minimum Gasteiger partial charge on any atom is -0.352 e. The molecule has 27 heavy (non-hydrogen) atoms. The van der Waals surface area contributed by atoms with Crippen molar-refractivity contribution in [2.24, 2.45) is 5.73 Å². The van der Waals surface area contributed by atoms with E-state index in [1.807, 2.05) is 50.2 Å². The predicted octanol–water partition coefficient (Wildman–Crippen LogP) is 2.66. The highest BCUT2D eigenvalue weighted by Crippen LogP contribution is 2.10. The first-order valence-electron chi connectivity index (χ1n) is 9.44. The highest BCUT2D eigenvalue weighted by Gasteiger charge is 2.26. The van der Waals surface area contributed by atoms with E-state index in [1.165, 1.54) is 0 Å². The van der Waals surface area contributed by atoms with E-state index in [0.29, 0.717) is 18.5 Å². The van der Waals surface area contributed by atoms with E-state index < -0.39 is 11.6 Å². The van der Waals surface area contributed by atoms with E-state index in [9.17, 15) is 9.59 Å². The molecule has 0 heterocycles. The van der Waals surface area contributed by atoms with Gasteiger partial charge in [0.2, 0.25) is 5.91 Å². The van der Waals surface area contributed by atoms with Crippen molar-refractivity contribution in [1.82, 2.24) is 10.6 Å². The first-order chi connectivity index (χ1) is 13.0. The summed E-state index contributed by atoms with van der Waals surface area (Å²) in [6.07, 6.45) is 1.95. The van der Waals surface area contributed by atoms with E-state index in [2.05, 4.69) is 10.6 Å². The Balaban J connectivity index is 2.11. The van der Waals surface area contributed by atoms with Gasteiger partial charge in [0.1, 0.15) is 6.04 Å². The largest absolute Gasteiger partial charge is 0.352 e. The van der Waals surface area contributed by atoms with Gasteiger partial charge < -0.3 is 16.4 Å². The Hall–Kier alpha value is -2.66. The molecule has 0 aliphatic carbocycles. The van der Waals surface area contributed by atoms with Crippen LogP contribution in [0.3, 0.4) is 0 Å². The van der Waals surface area contributed by atoms with Crippen LogP contribution in [0, 0.1) is 0 Å². The summed E-state index contributed by atoms with van der Waals surface area (Å²) in [5.41, 5.74) is 7.36. The smallest absolute Gasteiger partial charge is 0.251 e. The van der Waals surface area contributed by atoms with Crippen LogP contribution in [0.5, 0.6) is 0 Å². The third kappa shape index (κ3) is 6.22. The van der Waals surface area contributed by atoms with Crippen molar-refractivity contribution in [3.05, 3.63) is 71.8 Å². The Morgan fingerprint density at radius 3 is 2.07 bits per heavy atom. The van der Waals surface area contributed by atoms with Gasteiger partial charge in [0.15, 0.2) is 0 Å². The molecule has 1 atom stereocenters. The maximum atomic E-state index is 12.8. The standard InChI is InChI=1S/C22H29N3O2/c1-3-22(23,4-2)16-24-21(27)19(15-17-11-7-5-8-12-17)25-20(26)18-13-9-6-10-14-18/h5-14,19H,3-4,15-16,23H2,1-2H3,(H,24,27)(H,25,26). The molecule has 2 aromatic rings. The lowest BCUT2D eigenvalue weighted by Gasteiger charge is -2.28. The molecule has 0 fully saturated rings. The van der Waals surface area contributed by atoms with Crippen LogP contribution in [-0.4, -0.2) is 29.9 Å². The van der Waals surface area contributed by atoms with Crippen LogP contribution in [-0.2, 0) is 11.2 Å². The predicted molar refractivity (Wildman–Crippen MR) is 108 cm³/mol. The van der Waals surface area contributed by atoms with Crippen molar-refractivity contribution < 1.29 is 9.59 Å². The highest BCUT2D eigenvalue weighted by molar-refractivity contribution is 5.97. The molecule has 144 valence electrons. The maximum absolute atomic E-state index is 12.8. The first kappa shape index (κ1) is 20.6. The van der Waals surface area contributed by atoms with E-state index in [4.69, 9.17) is 5.73 Å². The minimum atomic E-state index is -0.668. The zero-order valence-electron chi connectivity index (χ0n) is 16.1. The van der Waals surface area contributed by atoms with Gasteiger partial charge in [-0.2, -0.15) is 0 Å². The van der Waals surface area contributed by atoms with Crippen LogP contribution < -0.4 is 16.4 Å². The number of nitrogens with one attached hydrogen (secondary N) is 2. The summed E-state index contributed by atoms with van der Waals surface area (Å²) in [7, 11) is 0. The SMILES string of the molecule is CCC(N)(CC)CNC(=O)C(Cc1ccccc1)NC(=O)c1ccccc1. The second kappa shape index (κ2) is 9.88. The average molecular weight is 367 g/mol. The number of rotatable bonds is 9. The van der Waals surface area contributed by atoms with E-state index in [1.54, 1.807) is 24.3 Å². The Morgan fingerprint density at radius 1 is 0.963 bits per heavy atom. The zero-order valence-corrected chi connectivity index (χ0v) is 16.1. The Morgan fingerprint density at radius 2 is 1.52 bits per heavy atom. The number of carbonyl (C=O) groups excluding carboxylic acids is 2. The van der Waals surface area contributed by atoms with E-state index in [-0.39, 0.29) is 11.8 Å². The van der Waals surface area contributed by atoms with Crippen molar-refractivity contribution in [2.45, 2.75) is 44.7 Å². The van der Waals surface area contributed by atoms with Crippen molar-refractivity contribution in [3.8, 4) is 0 Å². The third-order valence-corrected chi connectivity index (χ3v) is 4.96. The molecule has 0 radical (unpaired) electrons. The van der Waals surface area contributed by atoms with E-state index in [0.717, 1.165) is 18.4 Å².